The zero-order chi connectivity index (χ0) is 19.5. The predicted molar refractivity (Wildman–Crippen MR) is 113 cm³/mol. The molecule has 2 rings (SSSR count). The summed E-state index contributed by atoms with van der Waals surface area (Å²) in [6.45, 7) is 1.20. The Morgan fingerprint density at radius 1 is 0.852 bits per heavy atom. The highest BCUT2D eigenvalue weighted by atomic mass is 16.2. The number of carbonyl (C=O) groups excluding carboxylic acids is 1. The van der Waals surface area contributed by atoms with E-state index in [0.717, 1.165) is 61.8 Å². The highest BCUT2D eigenvalue weighted by Crippen LogP contribution is 2.26. The molecule has 0 spiro atoms. The molecule has 0 bridgehead atoms. The van der Waals surface area contributed by atoms with E-state index < -0.39 is 0 Å². The predicted octanol–water partition coefficient (Wildman–Crippen LogP) is 5.32. The second-order valence-corrected chi connectivity index (χ2v) is 7.50. The molecule has 146 valence electrons. The molecule has 0 amide bonds. The van der Waals surface area contributed by atoms with Crippen LogP contribution in [0.15, 0.2) is 48.5 Å². The Balaban J connectivity index is 1.95. The van der Waals surface area contributed by atoms with Crippen molar-refractivity contribution in [1.29, 1.82) is 0 Å². The molecule has 3 nitrogen and oxygen atoms in total. The fourth-order valence-corrected chi connectivity index (χ4v) is 3.37. The van der Waals surface area contributed by atoms with E-state index in [4.69, 9.17) is 5.11 Å². The van der Waals surface area contributed by atoms with Crippen molar-refractivity contribution in [1.82, 2.24) is 4.90 Å². The second-order valence-electron chi connectivity index (χ2n) is 7.50. The minimum absolute atomic E-state index is 0.235. The van der Waals surface area contributed by atoms with Gasteiger partial charge in [0.1, 0.15) is 0 Å². The van der Waals surface area contributed by atoms with Crippen LogP contribution in [0.1, 0.15) is 60.9 Å². The minimum Gasteiger partial charge on any atom is -0.396 e. The van der Waals surface area contributed by atoms with Gasteiger partial charge in [0.05, 0.1) is 0 Å². The zero-order valence-corrected chi connectivity index (χ0v) is 16.8. The third-order valence-electron chi connectivity index (χ3n) is 4.80. The summed E-state index contributed by atoms with van der Waals surface area (Å²) in [6, 6.07) is 16.5. The molecule has 0 fully saturated rings. The lowest BCUT2D eigenvalue weighted by Crippen LogP contribution is -2.10. The lowest BCUT2D eigenvalue weighted by molar-refractivity contribution is 0.0979. The smallest absolute Gasteiger partial charge is 0.163 e. The van der Waals surface area contributed by atoms with Crippen molar-refractivity contribution < 1.29 is 9.90 Å². The normalized spacial score (nSPS) is 11.1. The molecule has 0 atom stereocenters. The van der Waals surface area contributed by atoms with Crippen LogP contribution in [0.5, 0.6) is 0 Å². The third kappa shape index (κ3) is 7.28. The van der Waals surface area contributed by atoms with E-state index in [2.05, 4.69) is 43.3 Å². The molecule has 0 saturated carbocycles. The maximum atomic E-state index is 12.7. The largest absolute Gasteiger partial charge is 0.396 e. The average Bonchev–Trinajstić information content (AvgIpc) is 2.67. The number of hydrogen-bond acceptors (Lipinski definition) is 3. The molecule has 0 aliphatic heterocycles. The van der Waals surface area contributed by atoms with E-state index in [9.17, 15) is 4.79 Å². The molecule has 3 heteroatoms. The number of Topliss-reactive ketones (excluding diaryl/α,β-unsaturated/α-hetero) is 1. The Bertz CT molecular complexity index is 692. The number of nitrogens with zero attached hydrogens (tertiary/aromatic N) is 1. The fourth-order valence-electron chi connectivity index (χ4n) is 3.37. The van der Waals surface area contributed by atoms with Crippen LogP contribution >= 0.6 is 0 Å². The molecule has 1 N–H and O–H groups in total. The lowest BCUT2D eigenvalue weighted by Gasteiger charge is -2.12. The van der Waals surface area contributed by atoms with Crippen LogP contribution in [0.4, 0.5) is 0 Å². The van der Waals surface area contributed by atoms with E-state index in [-0.39, 0.29) is 12.4 Å². The molecule has 0 radical (unpaired) electrons. The zero-order valence-electron chi connectivity index (χ0n) is 16.8. The van der Waals surface area contributed by atoms with Gasteiger partial charge in [0, 0.05) is 25.1 Å². The monoisotopic (exact) mass is 367 g/mol. The first-order chi connectivity index (χ1) is 13.1. The SMILES string of the molecule is CN(C)Cc1ccc(-c2ccccc2C(=O)CCCCCCCCO)cc1. The van der Waals surface area contributed by atoms with Crippen LogP contribution in [-0.2, 0) is 6.54 Å². The summed E-state index contributed by atoms with van der Waals surface area (Å²) in [5.41, 5.74) is 4.24. The first kappa shape index (κ1) is 21.3. The van der Waals surface area contributed by atoms with E-state index in [1.807, 2.05) is 24.3 Å². The summed E-state index contributed by atoms with van der Waals surface area (Å²) in [4.78, 5) is 14.9. The summed E-state index contributed by atoms with van der Waals surface area (Å²) in [7, 11) is 4.13. The quantitative estimate of drug-likeness (QED) is 0.408. The number of ketones is 1. The van der Waals surface area contributed by atoms with E-state index in [1.54, 1.807) is 0 Å². The summed E-state index contributed by atoms with van der Waals surface area (Å²) in [6.07, 6.45) is 6.88. The minimum atomic E-state index is 0.235. The maximum Gasteiger partial charge on any atom is 0.163 e. The molecule has 0 heterocycles. The highest BCUT2D eigenvalue weighted by Gasteiger charge is 2.12. The molecule has 2 aromatic carbocycles. The molecule has 0 aliphatic carbocycles. The molecular formula is C24H33NO2. The Kier molecular flexibility index (Phi) is 9.23. The van der Waals surface area contributed by atoms with Crippen LogP contribution in [0.3, 0.4) is 0 Å². The van der Waals surface area contributed by atoms with Crippen LogP contribution in [-0.4, -0.2) is 36.5 Å². The summed E-state index contributed by atoms with van der Waals surface area (Å²) in [5.74, 6) is 0.235. The molecule has 0 saturated heterocycles. The van der Waals surface area contributed by atoms with Gasteiger partial charge >= 0.3 is 0 Å². The second kappa shape index (κ2) is 11.7. The van der Waals surface area contributed by atoms with Crippen LogP contribution < -0.4 is 0 Å². The molecule has 0 aromatic heterocycles. The first-order valence-corrected chi connectivity index (χ1v) is 10.1. The molecule has 0 aliphatic rings. The van der Waals surface area contributed by atoms with Crippen LogP contribution in [0, 0.1) is 0 Å². The lowest BCUT2D eigenvalue weighted by atomic mass is 9.94. The van der Waals surface area contributed by atoms with Gasteiger partial charge in [0.2, 0.25) is 0 Å². The number of unbranched alkanes of at least 4 members (excludes halogenated alkanes) is 5. The number of aliphatic hydroxyl groups is 1. The van der Waals surface area contributed by atoms with Crippen molar-refractivity contribution in [3.63, 3.8) is 0 Å². The van der Waals surface area contributed by atoms with Gasteiger partial charge in [-0.3, -0.25) is 4.79 Å². The Labute approximate surface area is 164 Å². The number of hydrogen-bond donors (Lipinski definition) is 1. The van der Waals surface area contributed by atoms with Crippen molar-refractivity contribution in [3.05, 3.63) is 59.7 Å². The molecule has 0 unspecified atom stereocenters. The van der Waals surface area contributed by atoms with Gasteiger partial charge in [-0.05, 0) is 43.6 Å². The topological polar surface area (TPSA) is 40.5 Å². The standard InChI is InChI=1S/C24H33NO2/c1-25(2)19-20-14-16-21(17-15-20)22-11-8-9-12-23(22)24(27)13-7-5-3-4-6-10-18-26/h8-9,11-12,14-17,26H,3-7,10,13,18-19H2,1-2H3. The number of rotatable bonds is 12. The Morgan fingerprint density at radius 3 is 2.15 bits per heavy atom. The Hall–Kier alpha value is -1.97. The van der Waals surface area contributed by atoms with Crippen LogP contribution in [0.2, 0.25) is 0 Å². The number of carbonyl (C=O) groups is 1. The fraction of sp³-hybridized carbons (Fsp3) is 0.458. The molecule has 2 aromatic rings. The van der Waals surface area contributed by atoms with Gasteiger partial charge in [0.15, 0.2) is 5.78 Å². The maximum absolute atomic E-state index is 12.7. The van der Waals surface area contributed by atoms with Gasteiger partial charge in [-0.25, -0.2) is 0 Å². The first-order valence-electron chi connectivity index (χ1n) is 10.1. The third-order valence-corrected chi connectivity index (χ3v) is 4.80. The van der Waals surface area contributed by atoms with Gasteiger partial charge < -0.3 is 10.0 Å². The van der Waals surface area contributed by atoms with E-state index in [1.165, 1.54) is 5.56 Å². The van der Waals surface area contributed by atoms with Gasteiger partial charge in [-0.15, -0.1) is 0 Å². The van der Waals surface area contributed by atoms with Crippen molar-refractivity contribution in [2.24, 2.45) is 0 Å². The highest BCUT2D eigenvalue weighted by molar-refractivity contribution is 6.02. The summed E-state index contributed by atoms with van der Waals surface area (Å²) in [5, 5.41) is 8.79. The van der Waals surface area contributed by atoms with Crippen molar-refractivity contribution in [2.75, 3.05) is 20.7 Å². The van der Waals surface area contributed by atoms with Gasteiger partial charge in [0.25, 0.3) is 0 Å². The number of aliphatic hydroxyl groups excluding tert-OH is 1. The summed E-state index contributed by atoms with van der Waals surface area (Å²) < 4.78 is 0. The van der Waals surface area contributed by atoms with Crippen LogP contribution in [0.25, 0.3) is 11.1 Å². The van der Waals surface area contributed by atoms with E-state index >= 15 is 0 Å². The average molecular weight is 368 g/mol. The van der Waals surface area contributed by atoms with Crippen molar-refractivity contribution in [2.45, 2.75) is 51.5 Å². The molecule has 27 heavy (non-hydrogen) atoms. The van der Waals surface area contributed by atoms with Gasteiger partial charge in [-0.2, -0.15) is 0 Å². The molecular weight excluding hydrogens is 334 g/mol. The van der Waals surface area contributed by atoms with Crippen molar-refractivity contribution in [3.8, 4) is 11.1 Å². The number of benzene rings is 2. The Morgan fingerprint density at radius 2 is 1.48 bits per heavy atom. The summed E-state index contributed by atoms with van der Waals surface area (Å²) >= 11 is 0. The van der Waals surface area contributed by atoms with E-state index in [0.29, 0.717) is 6.42 Å². The van der Waals surface area contributed by atoms with Crippen molar-refractivity contribution >= 4 is 5.78 Å². The van der Waals surface area contributed by atoms with Gasteiger partial charge in [-0.1, -0.05) is 74.2 Å².